The molecule has 0 aliphatic heterocycles. The predicted molar refractivity (Wildman–Crippen MR) is 81.7 cm³/mol. The molecule has 2 atom stereocenters. The van der Waals surface area contributed by atoms with Crippen molar-refractivity contribution >= 4 is 21.7 Å². The van der Waals surface area contributed by atoms with Gasteiger partial charge in [-0.15, -0.1) is 0 Å². The maximum absolute atomic E-state index is 12.8. The average Bonchev–Trinajstić information content (AvgIpc) is 2.65. The molecular formula is C15H23BrN2O2. The Balaban J connectivity index is 2.21. The lowest BCUT2D eigenvalue weighted by molar-refractivity contribution is -0.146. The van der Waals surface area contributed by atoms with Crippen molar-refractivity contribution < 1.29 is 9.53 Å². The van der Waals surface area contributed by atoms with Gasteiger partial charge in [0.15, 0.2) is 5.78 Å². The summed E-state index contributed by atoms with van der Waals surface area (Å²) in [6.45, 7) is 4.14. The van der Waals surface area contributed by atoms with Crippen LogP contribution in [-0.2, 0) is 23.0 Å². The van der Waals surface area contributed by atoms with Gasteiger partial charge in [0.25, 0.3) is 0 Å². The van der Waals surface area contributed by atoms with E-state index in [1.807, 2.05) is 14.0 Å². The molecule has 4 nitrogen and oxygen atoms in total. The summed E-state index contributed by atoms with van der Waals surface area (Å²) in [6, 6.07) is 0. The number of carbonyl (C=O) groups is 1. The number of ketones is 1. The molecule has 0 radical (unpaired) electrons. The molecule has 0 amide bonds. The molecular weight excluding hydrogens is 320 g/mol. The van der Waals surface area contributed by atoms with Gasteiger partial charge in [-0.25, -0.2) is 0 Å². The number of rotatable bonds is 4. The molecule has 0 spiro atoms. The van der Waals surface area contributed by atoms with Gasteiger partial charge in [-0.1, -0.05) is 13.3 Å². The Morgan fingerprint density at radius 3 is 2.80 bits per heavy atom. The van der Waals surface area contributed by atoms with Crippen LogP contribution in [0.5, 0.6) is 0 Å². The lowest BCUT2D eigenvalue weighted by Crippen LogP contribution is -2.45. The van der Waals surface area contributed by atoms with E-state index in [-0.39, 0.29) is 5.78 Å². The fraction of sp³-hybridized carbons (Fsp3) is 0.733. The van der Waals surface area contributed by atoms with Crippen LogP contribution in [0.25, 0.3) is 0 Å². The van der Waals surface area contributed by atoms with E-state index in [0.29, 0.717) is 12.3 Å². The third kappa shape index (κ3) is 2.84. The van der Waals surface area contributed by atoms with Gasteiger partial charge >= 0.3 is 0 Å². The van der Waals surface area contributed by atoms with E-state index in [9.17, 15) is 4.79 Å². The van der Waals surface area contributed by atoms with E-state index >= 15 is 0 Å². The number of Topliss-reactive ketones (excluding diaryl/α,β-unsaturated/α-hetero) is 1. The lowest BCUT2D eigenvalue weighted by atomic mass is 9.75. The summed E-state index contributed by atoms with van der Waals surface area (Å²) in [7, 11) is 3.54. The summed E-state index contributed by atoms with van der Waals surface area (Å²) in [4.78, 5) is 12.8. The molecule has 5 heteroatoms. The number of halogens is 1. The van der Waals surface area contributed by atoms with Gasteiger partial charge in [-0.3, -0.25) is 9.48 Å². The summed E-state index contributed by atoms with van der Waals surface area (Å²) in [5.41, 5.74) is 1.25. The second-order valence-electron chi connectivity index (χ2n) is 5.97. The van der Waals surface area contributed by atoms with Gasteiger partial charge in [0.2, 0.25) is 0 Å². The van der Waals surface area contributed by atoms with Gasteiger partial charge < -0.3 is 4.74 Å². The summed E-state index contributed by atoms with van der Waals surface area (Å²) in [6.07, 6.45) is 4.29. The van der Waals surface area contributed by atoms with Crippen LogP contribution >= 0.6 is 15.9 Å². The molecule has 112 valence electrons. The Bertz CT molecular complexity index is 512. The first kappa shape index (κ1) is 15.7. The van der Waals surface area contributed by atoms with Crippen LogP contribution in [0.4, 0.5) is 0 Å². The Labute approximate surface area is 129 Å². The zero-order chi connectivity index (χ0) is 14.9. The largest absolute Gasteiger partial charge is 0.370 e. The molecule has 0 N–H and O–H groups in total. The number of hydrogen-bond acceptors (Lipinski definition) is 3. The fourth-order valence-corrected chi connectivity index (χ4v) is 3.72. The monoisotopic (exact) mass is 342 g/mol. The number of aromatic nitrogens is 2. The fourth-order valence-electron chi connectivity index (χ4n) is 3.24. The van der Waals surface area contributed by atoms with Crippen molar-refractivity contribution in [3.05, 3.63) is 15.9 Å². The standard InChI is InChI=1S/C15H23BrN2O2/c1-10-6-5-7-15(9-10,20-4)13(19)8-12-14(16)11(2)17-18(12)3/h10H,5-9H2,1-4H3. The molecule has 1 aromatic rings. The molecule has 1 heterocycles. The number of nitrogens with zero attached hydrogens (tertiary/aromatic N) is 2. The Morgan fingerprint density at radius 1 is 1.60 bits per heavy atom. The minimum Gasteiger partial charge on any atom is -0.370 e. The maximum Gasteiger partial charge on any atom is 0.170 e. The van der Waals surface area contributed by atoms with Crippen LogP contribution in [0.15, 0.2) is 4.47 Å². The van der Waals surface area contributed by atoms with E-state index in [1.54, 1.807) is 11.8 Å². The highest BCUT2D eigenvalue weighted by atomic mass is 79.9. The smallest absolute Gasteiger partial charge is 0.170 e. The molecule has 1 saturated carbocycles. The molecule has 0 saturated heterocycles. The molecule has 1 fully saturated rings. The molecule has 1 aliphatic carbocycles. The molecule has 0 aromatic carbocycles. The van der Waals surface area contributed by atoms with Gasteiger partial charge in [0, 0.05) is 14.2 Å². The lowest BCUT2D eigenvalue weighted by Gasteiger charge is -2.37. The van der Waals surface area contributed by atoms with Gasteiger partial charge in [0.05, 0.1) is 22.3 Å². The van der Waals surface area contributed by atoms with Crippen molar-refractivity contribution in [2.45, 2.75) is 51.6 Å². The molecule has 1 aliphatic rings. The minimum atomic E-state index is -0.602. The van der Waals surface area contributed by atoms with Crippen molar-refractivity contribution in [2.24, 2.45) is 13.0 Å². The van der Waals surface area contributed by atoms with E-state index in [1.165, 1.54) is 6.42 Å². The maximum atomic E-state index is 12.8. The second-order valence-corrected chi connectivity index (χ2v) is 6.76. The highest BCUT2D eigenvalue weighted by Crippen LogP contribution is 2.36. The minimum absolute atomic E-state index is 0.176. The topological polar surface area (TPSA) is 44.1 Å². The van der Waals surface area contributed by atoms with Crippen LogP contribution in [0, 0.1) is 12.8 Å². The normalized spacial score (nSPS) is 26.8. The first-order chi connectivity index (χ1) is 9.39. The molecule has 2 unspecified atom stereocenters. The van der Waals surface area contributed by atoms with Crippen molar-refractivity contribution in [1.29, 1.82) is 0 Å². The predicted octanol–water partition coefficient (Wildman–Crippen LogP) is 3.20. The quantitative estimate of drug-likeness (QED) is 0.843. The first-order valence-corrected chi connectivity index (χ1v) is 7.95. The number of aryl methyl sites for hydroxylation is 2. The Kier molecular flexibility index (Phi) is 4.69. The summed E-state index contributed by atoms with van der Waals surface area (Å²) < 4.78 is 8.39. The number of methoxy groups -OCH3 is 1. The zero-order valence-corrected chi connectivity index (χ0v) is 14.3. The third-order valence-electron chi connectivity index (χ3n) is 4.44. The second kappa shape index (κ2) is 5.98. The van der Waals surface area contributed by atoms with E-state index in [2.05, 4.69) is 28.0 Å². The number of carbonyl (C=O) groups excluding carboxylic acids is 1. The van der Waals surface area contributed by atoms with Crippen LogP contribution in [0.3, 0.4) is 0 Å². The first-order valence-electron chi connectivity index (χ1n) is 7.16. The van der Waals surface area contributed by atoms with E-state index in [0.717, 1.165) is 35.1 Å². The zero-order valence-electron chi connectivity index (χ0n) is 12.7. The molecule has 2 rings (SSSR count). The highest BCUT2D eigenvalue weighted by Gasteiger charge is 2.41. The molecule has 0 bridgehead atoms. The van der Waals surface area contributed by atoms with Crippen LogP contribution in [0.2, 0.25) is 0 Å². The van der Waals surface area contributed by atoms with Crippen LogP contribution in [0.1, 0.15) is 44.0 Å². The van der Waals surface area contributed by atoms with E-state index in [4.69, 9.17) is 4.74 Å². The summed E-state index contributed by atoms with van der Waals surface area (Å²) in [5.74, 6) is 0.722. The number of ether oxygens (including phenoxy) is 1. The summed E-state index contributed by atoms with van der Waals surface area (Å²) in [5, 5.41) is 4.35. The number of hydrogen-bond donors (Lipinski definition) is 0. The van der Waals surface area contributed by atoms with Crippen molar-refractivity contribution in [1.82, 2.24) is 9.78 Å². The van der Waals surface area contributed by atoms with E-state index < -0.39 is 5.60 Å². The van der Waals surface area contributed by atoms with Gasteiger partial charge in [-0.2, -0.15) is 5.10 Å². The summed E-state index contributed by atoms with van der Waals surface area (Å²) >= 11 is 3.53. The average molecular weight is 343 g/mol. The highest BCUT2D eigenvalue weighted by molar-refractivity contribution is 9.10. The van der Waals surface area contributed by atoms with Crippen LogP contribution in [-0.4, -0.2) is 28.3 Å². The van der Waals surface area contributed by atoms with Gasteiger partial charge in [0.1, 0.15) is 5.60 Å². The SMILES string of the molecule is COC1(C(=O)Cc2c(Br)c(C)nn2C)CCCC(C)C1. The Morgan fingerprint density at radius 2 is 2.30 bits per heavy atom. The van der Waals surface area contributed by atoms with Crippen molar-refractivity contribution in [3.63, 3.8) is 0 Å². The van der Waals surface area contributed by atoms with Crippen molar-refractivity contribution in [3.8, 4) is 0 Å². The van der Waals surface area contributed by atoms with Gasteiger partial charge in [-0.05, 0) is 48.0 Å². The third-order valence-corrected chi connectivity index (χ3v) is 5.48. The van der Waals surface area contributed by atoms with Crippen molar-refractivity contribution in [2.75, 3.05) is 7.11 Å². The Hall–Kier alpha value is -0.680. The molecule has 20 heavy (non-hydrogen) atoms. The molecule has 1 aromatic heterocycles. The van der Waals surface area contributed by atoms with Crippen LogP contribution < -0.4 is 0 Å².